The van der Waals surface area contributed by atoms with Crippen LogP contribution in [0.2, 0.25) is 0 Å². The first kappa shape index (κ1) is 14.3. The summed E-state index contributed by atoms with van der Waals surface area (Å²) in [5, 5.41) is 10.5. The Bertz CT molecular complexity index is 745. The van der Waals surface area contributed by atoms with Crippen molar-refractivity contribution < 1.29 is 4.74 Å². The van der Waals surface area contributed by atoms with Crippen molar-refractivity contribution in [2.75, 3.05) is 31.2 Å². The van der Waals surface area contributed by atoms with Crippen molar-refractivity contribution in [1.29, 1.82) is 5.26 Å². The summed E-state index contributed by atoms with van der Waals surface area (Å²) in [6.07, 6.45) is 0. The third-order valence-corrected chi connectivity index (χ3v) is 4.43. The molecular weight excluding hydrogens is 330 g/mol. The average Bonchev–Trinajstić information content (AvgIpc) is 2.47. The van der Waals surface area contributed by atoms with E-state index < -0.39 is 0 Å². The molecule has 0 saturated carbocycles. The smallest absolute Gasteiger partial charge is 0.133 e. The number of nitriles is 1. The number of benzene rings is 1. The third-order valence-electron chi connectivity index (χ3n) is 3.83. The van der Waals surface area contributed by atoms with Gasteiger partial charge in [-0.25, -0.2) is 4.98 Å². The molecule has 0 bridgehead atoms. The van der Waals surface area contributed by atoms with Crippen LogP contribution in [0.5, 0.6) is 0 Å². The maximum Gasteiger partial charge on any atom is 0.133 e. The highest BCUT2D eigenvalue weighted by Gasteiger charge is 2.20. The van der Waals surface area contributed by atoms with Gasteiger partial charge in [-0.05, 0) is 47.5 Å². The number of aromatic nitrogens is 1. The quantitative estimate of drug-likeness (QED) is 0.795. The van der Waals surface area contributed by atoms with E-state index in [1.54, 1.807) is 0 Å². The summed E-state index contributed by atoms with van der Waals surface area (Å²) in [7, 11) is 0. The zero-order valence-electron chi connectivity index (χ0n) is 12.1. The predicted molar refractivity (Wildman–Crippen MR) is 86.7 cm³/mol. The molecule has 1 fully saturated rings. The van der Waals surface area contributed by atoms with E-state index in [4.69, 9.17) is 9.72 Å². The van der Waals surface area contributed by atoms with Crippen LogP contribution in [-0.4, -0.2) is 31.3 Å². The van der Waals surface area contributed by atoms with Crippen LogP contribution < -0.4 is 4.90 Å². The number of anilines is 1. The minimum atomic E-state index is 0.704. The van der Waals surface area contributed by atoms with Gasteiger partial charge in [-0.3, -0.25) is 0 Å². The molecule has 4 nitrogen and oxygen atoms in total. The highest BCUT2D eigenvalue weighted by atomic mass is 79.9. The first-order chi connectivity index (χ1) is 10.1. The second kappa shape index (κ2) is 5.63. The molecule has 2 heterocycles. The summed E-state index contributed by atoms with van der Waals surface area (Å²) in [6.45, 7) is 7.04. The van der Waals surface area contributed by atoms with Crippen LogP contribution in [0.3, 0.4) is 0 Å². The molecule has 21 heavy (non-hydrogen) atoms. The van der Waals surface area contributed by atoms with E-state index in [9.17, 15) is 5.26 Å². The van der Waals surface area contributed by atoms with Gasteiger partial charge in [0.15, 0.2) is 0 Å². The summed E-state index contributed by atoms with van der Waals surface area (Å²) in [6, 6.07) is 6.42. The van der Waals surface area contributed by atoms with Crippen LogP contribution in [0.25, 0.3) is 10.9 Å². The first-order valence-corrected chi connectivity index (χ1v) is 7.74. The highest BCUT2D eigenvalue weighted by molar-refractivity contribution is 9.10. The molecule has 0 amide bonds. The molecule has 1 aliphatic heterocycles. The Morgan fingerprint density at radius 2 is 2.00 bits per heavy atom. The van der Waals surface area contributed by atoms with E-state index in [1.807, 2.05) is 26.0 Å². The molecule has 3 rings (SSSR count). The van der Waals surface area contributed by atoms with Gasteiger partial charge in [0, 0.05) is 28.5 Å². The van der Waals surface area contributed by atoms with Gasteiger partial charge in [-0.1, -0.05) is 0 Å². The van der Waals surface area contributed by atoms with Gasteiger partial charge in [0.1, 0.15) is 11.9 Å². The van der Waals surface area contributed by atoms with Gasteiger partial charge >= 0.3 is 0 Å². The van der Waals surface area contributed by atoms with Gasteiger partial charge in [-0.2, -0.15) is 5.26 Å². The Labute approximate surface area is 132 Å². The van der Waals surface area contributed by atoms with Crippen molar-refractivity contribution in [2.24, 2.45) is 0 Å². The second-order valence-corrected chi connectivity index (χ2v) is 6.14. The van der Waals surface area contributed by atoms with E-state index in [-0.39, 0.29) is 0 Å². The lowest BCUT2D eigenvalue weighted by Gasteiger charge is -2.29. The number of ether oxygens (including phenoxy) is 1. The Morgan fingerprint density at radius 1 is 1.29 bits per heavy atom. The van der Waals surface area contributed by atoms with Crippen molar-refractivity contribution >= 4 is 32.7 Å². The Kier molecular flexibility index (Phi) is 3.83. The summed E-state index contributed by atoms with van der Waals surface area (Å²) >= 11 is 3.58. The van der Waals surface area contributed by atoms with E-state index in [2.05, 4.69) is 26.9 Å². The minimum absolute atomic E-state index is 0.704. The number of nitrogens with zero attached hydrogens (tertiary/aromatic N) is 3. The number of hydrogen-bond acceptors (Lipinski definition) is 4. The molecule has 1 aromatic carbocycles. The molecule has 5 heteroatoms. The van der Waals surface area contributed by atoms with E-state index in [0.717, 1.165) is 45.4 Å². The number of morpholine rings is 1. The van der Waals surface area contributed by atoms with Gasteiger partial charge in [0.25, 0.3) is 0 Å². The maximum absolute atomic E-state index is 9.58. The van der Waals surface area contributed by atoms with Crippen LogP contribution in [0.4, 0.5) is 5.82 Å². The molecule has 0 spiro atoms. The minimum Gasteiger partial charge on any atom is -0.378 e. The molecule has 1 aromatic heterocycles. The van der Waals surface area contributed by atoms with Gasteiger partial charge < -0.3 is 9.64 Å². The standard InChI is InChI=1S/C16H16BrN3O/c1-10-7-12-13(9-18)11(2)16(19-15(12)14(17)8-10)20-3-5-21-6-4-20/h7-8H,3-6H2,1-2H3. The SMILES string of the molecule is Cc1cc(Br)c2nc(N3CCOCC3)c(C)c(C#N)c2c1. The molecule has 0 atom stereocenters. The number of pyridine rings is 1. The molecule has 1 saturated heterocycles. The summed E-state index contributed by atoms with van der Waals surface area (Å²) < 4.78 is 6.33. The van der Waals surface area contributed by atoms with Gasteiger partial charge in [-0.15, -0.1) is 0 Å². The van der Waals surface area contributed by atoms with Crippen molar-refractivity contribution in [2.45, 2.75) is 13.8 Å². The molecule has 0 unspecified atom stereocenters. The molecule has 108 valence electrons. The fourth-order valence-corrected chi connectivity index (χ4v) is 3.43. The first-order valence-electron chi connectivity index (χ1n) is 6.95. The van der Waals surface area contributed by atoms with Crippen molar-refractivity contribution in [3.8, 4) is 6.07 Å². The number of fused-ring (bicyclic) bond motifs is 1. The highest BCUT2D eigenvalue weighted by Crippen LogP contribution is 2.33. The number of rotatable bonds is 1. The summed E-state index contributed by atoms with van der Waals surface area (Å²) in [5.41, 5.74) is 3.63. The Hall–Kier alpha value is -1.64. The Balaban J connectivity index is 2.27. The van der Waals surface area contributed by atoms with Gasteiger partial charge in [0.05, 0.1) is 24.3 Å². The molecule has 0 aliphatic carbocycles. The summed E-state index contributed by atoms with van der Waals surface area (Å²) in [4.78, 5) is 7.02. The lowest BCUT2D eigenvalue weighted by atomic mass is 10.0. The molecular formula is C16H16BrN3O. The number of halogens is 1. The average molecular weight is 346 g/mol. The third kappa shape index (κ3) is 2.50. The second-order valence-electron chi connectivity index (χ2n) is 5.29. The van der Waals surface area contributed by atoms with Crippen molar-refractivity contribution in [1.82, 2.24) is 4.98 Å². The topological polar surface area (TPSA) is 49.2 Å². The number of hydrogen-bond donors (Lipinski definition) is 0. The largest absolute Gasteiger partial charge is 0.378 e. The van der Waals surface area contributed by atoms with Crippen LogP contribution in [0, 0.1) is 25.2 Å². The van der Waals surface area contributed by atoms with Crippen molar-refractivity contribution in [3.05, 3.63) is 33.3 Å². The molecule has 0 radical (unpaired) electrons. The summed E-state index contributed by atoms with van der Waals surface area (Å²) in [5.74, 6) is 0.895. The predicted octanol–water partition coefficient (Wildman–Crippen LogP) is 3.32. The van der Waals surface area contributed by atoms with E-state index in [0.29, 0.717) is 18.8 Å². The molecule has 0 N–H and O–H groups in total. The molecule has 2 aromatic rings. The number of aryl methyl sites for hydroxylation is 1. The normalized spacial score (nSPS) is 15.2. The Morgan fingerprint density at radius 3 is 2.67 bits per heavy atom. The monoisotopic (exact) mass is 345 g/mol. The lowest BCUT2D eigenvalue weighted by Crippen LogP contribution is -2.37. The van der Waals surface area contributed by atoms with Gasteiger partial charge in [0.2, 0.25) is 0 Å². The van der Waals surface area contributed by atoms with Crippen LogP contribution in [-0.2, 0) is 4.74 Å². The van der Waals surface area contributed by atoms with E-state index in [1.165, 1.54) is 0 Å². The maximum atomic E-state index is 9.58. The van der Waals surface area contributed by atoms with Crippen LogP contribution in [0.15, 0.2) is 16.6 Å². The van der Waals surface area contributed by atoms with Crippen LogP contribution >= 0.6 is 15.9 Å². The zero-order chi connectivity index (χ0) is 15.0. The fourth-order valence-electron chi connectivity index (χ4n) is 2.77. The lowest BCUT2D eigenvalue weighted by molar-refractivity contribution is 0.122. The zero-order valence-corrected chi connectivity index (χ0v) is 13.7. The van der Waals surface area contributed by atoms with Crippen LogP contribution in [0.1, 0.15) is 16.7 Å². The molecule has 1 aliphatic rings. The van der Waals surface area contributed by atoms with Crippen molar-refractivity contribution in [3.63, 3.8) is 0 Å². The fraction of sp³-hybridized carbons (Fsp3) is 0.375. The van der Waals surface area contributed by atoms with E-state index >= 15 is 0 Å².